The number of aryl methyl sites for hydroxylation is 1. The third kappa shape index (κ3) is 5.36. The fourth-order valence-corrected chi connectivity index (χ4v) is 2.77. The number of anilines is 1. The van der Waals surface area contributed by atoms with Gasteiger partial charge >= 0.3 is 5.97 Å². The molecule has 5 nitrogen and oxygen atoms in total. The summed E-state index contributed by atoms with van der Waals surface area (Å²) in [6.07, 6.45) is 0. The molecule has 1 amide bonds. The van der Waals surface area contributed by atoms with Crippen LogP contribution in [0.2, 0.25) is 0 Å². The summed E-state index contributed by atoms with van der Waals surface area (Å²) in [4.78, 5) is 24.8. The number of ether oxygens (including phenoxy) is 1. The minimum atomic E-state index is -0.534. The van der Waals surface area contributed by atoms with Crippen LogP contribution < -0.4 is 5.32 Å². The van der Waals surface area contributed by atoms with Gasteiger partial charge in [0.15, 0.2) is 6.61 Å². The van der Waals surface area contributed by atoms with E-state index in [0.29, 0.717) is 17.2 Å². The Kier molecular flexibility index (Phi) is 6.81. The summed E-state index contributed by atoms with van der Waals surface area (Å²) in [6, 6.07) is 12.4. The van der Waals surface area contributed by atoms with Crippen LogP contribution in [0.15, 0.2) is 47.4 Å². The van der Waals surface area contributed by atoms with Crippen LogP contribution in [0.25, 0.3) is 0 Å². The van der Waals surface area contributed by atoms with Gasteiger partial charge in [-0.3, -0.25) is 4.79 Å². The molecule has 0 radical (unpaired) electrons. The molecule has 0 bridgehead atoms. The zero-order valence-electron chi connectivity index (χ0n) is 14.9. The Balaban J connectivity index is 1.90. The molecule has 134 valence electrons. The smallest absolute Gasteiger partial charge is 0.338 e. The molecule has 2 rings (SSSR count). The highest BCUT2D eigenvalue weighted by molar-refractivity contribution is 8.03. The molecular formula is C20H20N2O3S. The van der Waals surface area contributed by atoms with Crippen molar-refractivity contribution in [2.24, 2.45) is 0 Å². The average Bonchev–Trinajstić information content (AvgIpc) is 2.62. The van der Waals surface area contributed by atoms with E-state index >= 15 is 0 Å². The number of nitrogens with one attached hydrogen (secondary N) is 1. The summed E-state index contributed by atoms with van der Waals surface area (Å²) < 4.78 is 5.07. The lowest BCUT2D eigenvalue weighted by molar-refractivity contribution is -0.119. The maximum atomic E-state index is 12.0. The van der Waals surface area contributed by atoms with Gasteiger partial charge in [-0.05, 0) is 66.1 Å². The summed E-state index contributed by atoms with van der Waals surface area (Å²) in [5, 5.41) is 13.4. The number of thiocyanates is 1. The Hall–Kier alpha value is -2.78. The lowest BCUT2D eigenvalue weighted by atomic mass is 10.0. The monoisotopic (exact) mass is 368 g/mol. The van der Waals surface area contributed by atoms with Crippen LogP contribution >= 0.6 is 11.8 Å². The molecule has 0 saturated carbocycles. The SMILES string of the molecule is Cc1cc(SC#N)ccc1NC(=O)COC(=O)c1ccc(C(C)C)cc1. The first-order valence-electron chi connectivity index (χ1n) is 8.14. The van der Waals surface area contributed by atoms with Gasteiger partial charge in [-0.15, -0.1) is 0 Å². The predicted octanol–water partition coefficient (Wildman–Crippen LogP) is 4.49. The molecule has 6 heteroatoms. The van der Waals surface area contributed by atoms with E-state index < -0.39 is 11.9 Å². The molecule has 0 saturated heterocycles. The lowest BCUT2D eigenvalue weighted by Crippen LogP contribution is -2.21. The van der Waals surface area contributed by atoms with Crippen molar-refractivity contribution in [3.8, 4) is 5.40 Å². The van der Waals surface area contributed by atoms with Gasteiger partial charge in [-0.25, -0.2) is 4.79 Å². The van der Waals surface area contributed by atoms with Crippen LogP contribution in [0.1, 0.15) is 41.3 Å². The highest BCUT2D eigenvalue weighted by Gasteiger charge is 2.12. The average molecular weight is 368 g/mol. The first kappa shape index (κ1) is 19.5. The van der Waals surface area contributed by atoms with Gasteiger partial charge in [0.2, 0.25) is 0 Å². The molecule has 2 aromatic carbocycles. The van der Waals surface area contributed by atoms with E-state index in [1.807, 2.05) is 30.5 Å². The molecule has 0 aliphatic rings. The van der Waals surface area contributed by atoms with E-state index in [1.165, 1.54) is 0 Å². The standard InChI is InChI=1S/C20H20N2O3S/c1-13(2)15-4-6-16(7-5-15)20(24)25-11-19(23)22-18-9-8-17(26-12-21)10-14(18)3/h4-10,13H,11H2,1-3H3,(H,22,23). The maximum absolute atomic E-state index is 12.0. The Labute approximate surface area is 157 Å². The highest BCUT2D eigenvalue weighted by Crippen LogP contribution is 2.23. The molecule has 1 N–H and O–H groups in total. The summed E-state index contributed by atoms with van der Waals surface area (Å²) in [7, 11) is 0. The Morgan fingerprint density at radius 3 is 2.46 bits per heavy atom. The van der Waals surface area contributed by atoms with E-state index in [2.05, 4.69) is 19.2 Å². The van der Waals surface area contributed by atoms with Crippen LogP contribution in [-0.2, 0) is 9.53 Å². The Morgan fingerprint density at radius 1 is 1.19 bits per heavy atom. The molecule has 0 aliphatic carbocycles. The third-order valence-electron chi connectivity index (χ3n) is 3.78. The quantitative estimate of drug-likeness (QED) is 0.462. The second-order valence-electron chi connectivity index (χ2n) is 6.07. The van der Waals surface area contributed by atoms with Gasteiger partial charge in [0.25, 0.3) is 5.91 Å². The summed E-state index contributed by atoms with van der Waals surface area (Å²) in [5.74, 6) is -0.569. The minimum Gasteiger partial charge on any atom is -0.452 e. The van der Waals surface area contributed by atoms with Crippen LogP contribution in [0.3, 0.4) is 0 Å². The number of nitriles is 1. The van der Waals surface area contributed by atoms with E-state index in [1.54, 1.807) is 24.3 Å². The highest BCUT2D eigenvalue weighted by atomic mass is 32.2. The number of amides is 1. The number of hydrogen-bond acceptors (Lipinski definition) is 5. The van der Waals surface area contributed by atoms with E-state index in [0.717, 1.165) is 27.8 Å². The number of benzene rings is 2. The van der Waals surface area contributed by atoms with Crippen molar-refractivity contribution in [1.29, 1.82) is 5.26 Å². The van der Waals surface area contributed by atoms with Crippen molar-refractivity contribution in [2.75, 3.05) is 11.9 Å². The van der Waals surface area contributed by atoms with E-state index in [9.17, 15) is 9.59 Å². The predicted molar refractivity (Wildman–Crippen MR) is 102 cm³/mol. The van der Waals surface area contributed by atoms with Crippen molar-refractivity contribution >= 4 is 29.3 Å². The number of esters is 1. The largest absolute Gasteiger partial charge is 0.452 e. The lowest BCUT2D eigenvalue weighted by Gasteiger charge is -2.10. The Bertz CT molecular complexity index is 839. The molecule has 0 atom stereocenters. The van der Waals surface area contributed by atoms with Crippen LogP contribution in [0.5, 0.6) is 0 Å². The molecule has 0 aromatic heterocycles. The van der Waals surface area contributed by atoms with Crippen molar-refractivity contribution in [3.05, 3.63) is 59.2 Å². The second kappa shape index (κ2) is 9.07. The molecule has 2 aromatic rings. The van der Waals surface area contributed by atoms with Gasteiger partial charge < -0.3 is 10.1 Å². The Morgan fingerprint density at radius 2 is 1.88 bits per heavy atom. The molecule has 0 fully saturated rings. The normalized spacial score (nSPS) is 10.3. The topological polar surface area (TPSA) is 79.2 Å². The van der Waals surface area contributed by atoms with Gasteiger partial charge in [0.1, 0.15) is 5.40 Å². The molecular weight excluding hydrogens is 348 g/mol. The zero-order valence-corrected chi connectivity index (χ0v) is 15.7. The molecule has 0 unspecified atom stereocenters. The van der Waals surface area contributed by atoms with Crippen molar-refractivity contribution < 1.29 is 14.3 Å². The maximum Gasteiger partial charge on any atom is 0.338 e. The van der Waals surface area contributed by atoms with Crippen molar-refractivity contribution in [1.82, 2.24) is 0 Å². The molecule has 0 heterocycles. The second-order valence-corrected chi connectivity index (χ2v) is 6.93. The molecule has 0 aliphatic heterocycles. The fraction of sp³-hybridized carbons (Fsp3) is 0.250. The first-order chi connectivity index (χ1) is 12.4. The van der Waals surface area contributed by atoms with Gasteiger partial charge in [-0.1, -0.05) is 26.0 Å². The molecule has 0 spiro atoms. The van der Waals surface area contributed by atoms with Crippen LogP contribution in [-0.4, -0.2) is 18.5 Å². The number of thioether (sulfide) groups is 1. The van der Waals surface area contributed by atoms with E-state index in [-0.39, 0.29) is 6.61 Å². The number of hydrogen-bond donors (Lipinski definition) is 1. The van der Waals surface area contributed by atoms with Crippen molar-refractivity contribution in [2.45, 2.75) is 31.6 Å². The third-order valence-corrected chi connectivity index (χ3v) is 4.36. The molecule has 26 heavy (non-hydrogen) atoms. The fourth-order valence-electron chi connectivity index (χ4n) is 2.30. The van der Waals surface area contributed by atoms with E-state index in [4.69, 9.17) is 10.00 Å². The zero-order chi connectivity index (χ0) is 19.1. The number of carbonyl (C=O) groups excluding carboxylic acids is 2. The van der Waals surface area contributed by atoms with Crippen molar-refractivity contribution in [3.63, 3.8) is 0 Å². The van der Waals surface area contributed by atoms with Gasteiger partial charge in [0.05, 0.1) is 5.56 Å². The summed E-state index contributed by atoms with van der Waals surface area (Å²) in [6.45, 7) is 5.62. The van der Waals surface area contributed by atoms with Crippen LogP contribution in [0, 0.1) is 17.6 Å². The number of rotatable bonds is 6. The van der Waals surface area contributed by atoms with Crippen LogP contribution in [0.4, 0.5) is 5.69 Å². The minimum absolute atomic E-state index is 0.362. The van der Waals surface area contributed by atoms with Gasteiger partial charge in [-0.2, -0.15) is 5.26 Å². The number of carbonyl (C=O) groups is 2. The number of nitrogens with zero attached hydrogens (tertiary/aromatic N) is 1. The summed E-state index contributed by atoms with van der Waals surface area (Å²) in [5.41, 5.74) is 2.99. The summed E-state index contributed by atoms with van der Waals surface area (Å²) >= 11 is 1.05. The van der Waals surface area contributed by atoms with Gasteiger partial charge in [0, 0.05) is 10.6 Å². The first-order valence-corrected chi connectivity index (χ1v) is 8.96.